The molecule has 0 fully saturated rings. The third-order valence-corrected chi connectivity index (χ3v) is 19.3. The lowest BCUT2D eigenvalue weighted by Gasteiger charge is -2.29. The molecule has 9 aromatic rings. The van der Waals surface area contributed by atoms with Gasteiger partial charge in [0.05, 0.1) is 123 Å². The van der Waals surface area contributed by atoms with Crippen LogP contribution in [0.4, 0.5) is 10.7 Å². The van der Waals surface area contributed by atoms with E-state index in [-0.39, 0.29) is 66.2 Å². The van der Waals surface area contributed by atoms with Crippen molar-refractivity contribution in [3.8, 4) is 40.2 Å². The zero-order valence-corrected chi connectivity index (χ0v) is 77.5. The first kappa shape index (κ1) is 110. The van der Waals surface area contributed by atoms with Crippen LogP contribution in [0.3, 0.4) is 0 Å². The summed E-state index contributed by atoms with van der Waals surface area (Å²) in [5.74, 6) is 12.4. The molecule has 7 aromatic carbocycles. The fourth-order valence-corrected chi connectivity index (χ4v) is 11.4. The molecule has 124 heavy (non-hydrogen) atoms. The number of fused-ring (bicyclic) bond motifs is 1. The molecule has 6 atom stereocenters. The van der Waals surface area contributed by atoms with Crippen molar-refractivity contribution in [1.82, 2.24) is 41.5 Å². The van der Waals surface area contributed by atoms with Crippen LogP contribution >= 0.6 is 52.3 Å². The minimum Gasteiger partial charge on any atom is -0.497 e. The van der Waals surface area contributed by atoms with E-state index < -0.39 is 62.1 Å². The zero-order chi connectivity index (χ0) is 91.9. The van der Waals surface area contributed by atoms with Crippen LogP contribution in [0.5, 0.6) is 40.2 Å². The number of hydrazine groups is 3. The molecule has 0 aliphatic rings. The highest BCUT2D eigenvalue weighted by Gasteiger charge is 2.43. The van der Waals surface area contributed by atoms with Crippen molar-refractivity contribution in [2.75, 3.05) is 105 Å². The number of anilines is 1. The number of nitrogens with two attached hydrogens (primary N) is 3. The van der Waals surface area contributed by atoms with Crippen molar-refractivity contribution in [3.63, 3.8) is 0 Å². The number of nitrogens with one attached hydrogen (secondary N) is 4. The fraction of sp³-hybridized carbons (Fsp3) is 0.360. The lowest BCUT2D eigenvalue weighted by molar-refractivity contribution is -0.149. The highest BCUT2D eigenvalue weighted by atomic mass is 79.9. The number of rotatable bonds is 26. The lowest BCUT2D eigenvalue weighted by atomic mass is 9.92. The van der Waals surface area contributed by atoms with E-state index in [9.17, 15) is 38.4 Å². The van der Waals surface area contributed by atoms with Gasteiger partial charge in [0.15, 0.2) is 27.8 Å². The van der Waals surface area contributed by atoms with Crippen LogP contribution in [0.25, 0.3) is 11.0 Å². The number of benzene rings is 7. The van der Waals surface area contributed by atoms with Gasteiger partial charge in [0, 0.05) is 0 Å². The van der Waals surface area contributed by atoms with Crippen LogP contribution in [0, 0.1) is 0 Å². The van der Waals surface area contributed by atoms with Crippen LogP contribution in [0.15, 0.2) is 176 Å². The topological polar surface area (TPSA) is 445 Å². The van der Waals surface area contributed by atoms with Gasteiger partial charge >= 0.3 is 47.9 Å². The summed E-state index contributed by atoms with van der Waals surface area (Å²) >= 11 is 9.46. The van der Waals surface area contributed by atoms with Crippen LogP contribution in [-0.2, 0) is 104 Å². The van der Waals surface area contributed by atoms with Gasteiger partial charge in [0.2, 0.25) is 5.95 Å². The van der Waals surface area contributed by atoms with Crippen molar-refractivity contribution in [2.45, 2.75) is 107 Å². The number of nitrogens with zero attached hydrogens (tertiary/aromatic N) is 4. The van der Waals surface area contributed by atoms with Crippen molar-refractivity contribution in [3.05, 3.63) is 220 Å². The molecule has 0 spiro atoms. The van der Waals surface area contributed by atoms with E-state index >= 15 is 0 Å². The summed E-state index contributed by atoms with van der Waals surface area (Å²) in [7, 11) is 20.3. The summed E-state index contributed by atoms with van der Waals surface area (Å²) < 4.78 is 74.7. The van der Waals surface area contributed by atoms with Gasteiger partial charge in [-0.1, -0.05) is 112 Å². The summed E-state index contributed by atoms with van der Waals surface area (Å²) in [4.78, 5) is 102. The van der Waals surface area contributed by atoms with Gasteiger partial charge in [-0.05, 0) is 186 Å². The number of carbonyl (C=O) groups excluding carboxylic acids is 8. The van der Waals surface area contributed by atoms with Gasteiger partial charge in [-0.3, -0.25) is 31.5 Å². The van der Waals surface area contributed by atoms with E-state index in [2.05, 4.69) is 62.2 Å². The van der Waals surface area contributed by atoms with E-state index in [0.717, 1.165) is 28.2 Å². The number of nitrogen functional groups attached to an aromatic ring is 1. The van der Waals surface area contributed by atoms with Crippen LogP contribution in [0.1, 0.15) is 107 Å². The van der Waals surface area contributed by atoms with E-state index in [4.69, 9.17) is 90.6 Å². The highest BCUT2D eigenvalue weighted by Crippen LogP contribution is 2.37. The average Bonchev–Trinajstić information content (AvgIpc) is 1.53. The normalized spacial score (nSPS) is 12.9. The van der Waals surface area contributed by atoms with Crippen molar-refractivity contribution < 1.29 is 109 Å². The Balaban J connectivity index is 0.000000731. The number of esters is 7. The number of carbonyl (C=O) groups is 8. The smallest absolute Gasteiger partial charge is 0.422 e. The second-order valence-electron chi connectivity index (χ2n) is 27.4. The Morgan fingerprint density at radius 1 is 0.444 bits per heavy atom. The first-order valence-electron chi connectivity index (χ1n) is 36.8. The molecule has 10 N–H and O–H groups in total. The Morgan fingerprint density at radius 2 is 0.798 bits per heavy atom. The number of ether oxygens (including phenoxy) is 15. The SMILES string of the molecule is COC(=O)C(C)(Br)c1cccc(OC)c1.COC(=O)C(C)(NN)c1cccc(OC)c1.COC(=O)C(C)(NN)c1cccc(OC)c1.COC(=O)C(C)(NNC(=O)OC(C)(C)C)c1cccc(OC)c1.COC(=O)C(C)(c1cccc(OC)c1)n1ncc2c(Cl)nc(N)nc21.COC(=O)C(C)c1cccc(OC)c1.COC(=O)Cc1cccc(OC)c1.Cl.Cl. The van der Waals surface area contributed by atoms with Crippen LogP contribution in [0.2, 0.25) is 5.15 Å². The molecule has 6 unspecified atom stereocenters. The van der Waals surface area contributed by atoms with E-state index in [1.54, 1.807) is 208 Å². The summed E-state index contributed by atoms with van der Waals surface area (Å²) in [6.45, 7) is 15.3. The molecule has 1 amide bonds. The lowest BCUT2D eigenvalue weighted by Crippen LogP contribution is -2.56. The molecular weight excluding hydrogens is 1740 g/mol. The molecular formula is C86H113BrCl3N11O23. The number of hydrogen-bond acceptors (Lipinski definition) is 32. The van der Waals surface area contributed by atoms with E-state index in [1.807, 2.05) is 66.7 Å². The molecule has 0 bridgehead atoms. The molecule has 9 rings (SSSR count). The molecule has 0 aliphatic heterocycles. The molecule has 2 heterocycles. The number of alkyl halides is 1. The van der Waals surface area contributed by atoms with Gasteiger partial charge in [0.25, 0.3) is 0 Å². The second-order valence-corrected chi connectivity index (χ2v) is 29.3. The van der Waals surface area contributed by atoms with Gasteiger partial charge in [0.1, 0.15) is 55.3 Å². The van der Waals surface area contributed by atoms with E-state index in [1.165, 1.54) is 67.8 Å². The van der Waals surface area contributed by atoms with Gasteiger partial charge in [-0.2, -0.15) is 10.1 Å². The quantitative estimate of drug-likeness (QED) is 0.00661. The van der Waals surface area contributed by atoms with Crippen molar-refractivity contribution >= 4 is 117 Å². The Bertz CT molecular complexity index is 4860. The van der Waals surface area contributed by atoms with E-state index in [0.29, 0.717) is 62.0 Å². The maximum atomic E-state index is 12.7. The second kappa shape index (κ2) is 52.6. The minimum atomic E-state index is -1.31. The van der Waals surface area contributed by atoms with Crippen LogP contribution in [-0.4, -0.2) is 173 Å². The summed E-state index contributed by atoms with van der Waals surface area (Å²) in [5, 5.41) is 4.94. The monoisotopic (exact) mass is 1850 g/mol. The molecule has 0 radical (unpaired) electrons. The maximum absolute atomic E-state index is 12.7. The third-order valence-electron chi connectivity index (χ3n) is 18.2. The molecule has 0 saturated carbocycles. The summed E-state index contributed by atoms with van der Waals surface area (Å²) in [6, 6.07) is 50.2. The number of halogens is 4. The number of methoxy groups -OCH3 is 14. The first-order chi connectivity index (χ1) is 57.6. The van der Waals surface area contributed by atoms with Gasteiger partial charge in [-0.15, -0.1) is 24.8 Å². The first-order valence-corrected chi connectivity index (χ1v) is 38.0. The molecule has 38 heteroatoms. The molecule has 0 aliphatic carbocycles. The fourth-order valence-electron chi connectivity index (χ4n) is 10.8. The van der Waals surface area contributed by atoms with Gasteiger partial charge in [-0.25, -0.2) is 49.9 Å². The number of aromatic nitrogens is 4. The Labute approximate surface area is 747 Å². The minimum absolute atomic E-state index is 0. The largest absolute Gasteiger partial charge is 0.497 e. The maximum Gasteiger partial charge on any atom is 0.422 e. The predicted molar refractivity (Wildman–Crippen MR) is 475 cm³/mol. The van der Waals surface area contributed by atoms with Crippen LogP contribution < -0.4 is 72.3 Å². The van der Waals surface area contributed by atoms with Gasteiger partial charge < -0.3 is 76.8 Å². The van der Waals surface area contributed by atoms with Crippen molar-refractivity contribution in [1.29, 1.82) is 0 Å². The average molecular weight is 1860 g/mol. The Morgan fingerprint density at radius 3 is 1.19 bits per heavy atom. The predicted octanol–water partition coefficient (Wildman–Crippen LogP) is 11.9. The standard InChI is InChI=1S/C16H16ClN5O3.C16H24N2O5.C11H13BrO3.2C11H16N2O3.C11H14O3.C10H12O3.2ClH/c1-16(14(23)25-3,9-5-4-6-10(7-9)24-2)22-13-11(8-19-22)12(17)20-15(18)21-13;1-15(2,3)23-14(20)17-18-16(4,13(19)22-6)11-8-7-9-12(10-11)21-5;1-11(12,10(13)15-3)8-5-4-6-9(7-8)14-2;2*1-11(13-12,10(14)16-3)8-5-4-6-9(7-8)15-2;1-8(11(12)14-3)9-5-4-6-10(7-9)13-2;1-12-9-5-3-4-8(6-9)7-10(11)13-2;;/h4-8H,1-3H3,(H2,18,20,21);7-10,18H,1-6H3,(H,17,20);4-7H,1-3H3;2*4-7,13H,12H2,1-3H3;4-8H,1-3H3;3-6H,7H2,1-2H3;2*1H. The zero-order valence-electron chi connectivity index (χ0n) is 73.5. The number of hydrogen-bond donors (Lipinski definition) is 7. The van der Waals surface area contributed by atoms with Crippen molar-refractivity contribution in [2.24, 2.45) is 11.7 Å². The molecule has 34 nitrogen and oxygen atoms in total. The Kier molecular flexibility index (Phi) is 46.8. The molecule has 0 saturated heterocycles. The molecule has 2 aromatic heterocycles. The molecule has 678 valence electrons. The third kappa shape index (κ3) is 30.9. The Hall–Kier alpha value is -11.8. The summed E-state index contributed by atoms with van der Waals surface area (Å²) in [5.41, 5.74) is 15.7. The number of amides is 1. The summed E-state index contributed by atoms with van der Waals surface area (Å²) in [6.07, 6.45) is 1.07. The highest BCUT2D eigenvalue weighted by molar-refractivity contribution is 9.10.